The number of piperidine rings is 1. The Kier molecular flexibility index (Phi) is 4.99. The maximum atomic E-state index is 12.1. The van der Waals surface area contributed by atoms with Gasteiger partial charge in [0.15, 0.2) is 0 Å². The summed E-state index contributed by atoms with van der Waals surface area (Å²) in [6, 6.07) is 11.2. The molecule has 1 unspecified atom stereocenters. The van der Waals surface area contributed by atoms with Gasteiger partial charge in [-0.05, 0) is 18.4 Å². The van der Waals surface area contributed by atoms with Gasteiger partial charge in [0.2, 0.25) is 0 Å². The second-order valence-corrected chi connectivity index (χ2v) is 5.49. The zero-order valence-electron chi connectivity index (χ0n) is 12.2. The average molecular weight is 302 g/mol. The molecule has 116 valence electrons. The van der Waals surface area contributed by atoms with Crippen LogP contribution in [0.5, 0.6) is 0 Å². The van der Waals surface area contributed by atoms with Crippen LogP contribution in [0.2, 0.25) is 0 Å². The van der Waals surface area contributed by atoms with Crippen LogP contribution < -0.4 is 0 Å². The van der Waals surface area contributed by atoms with E-state index in [-0.39, 0.29) is 19.6 Å². The number of nitriles is 1. The van der Waals surface area contributed by atoms with Crippen LogP contribution in [0.4, 0.5) is 4.79 Å². The summed E-state index contributed by atoms with van der Waals surface area (Å²) in [6.45, 7) is 0.617. The molecule has 1 aromatic rings. The first kappa shape index (κ1) is 15.8. The zero-order chi connectivity index (χ0) is 16.0. The van der Waals surface area contributed by atoms with Crippen molar-refractivity contribution in [2.75, 3.05) is 13.1 Å². The van der Waals surface area contributed by atoms with Crippen molar-refractivity contribution in [1.29, 1.82) is 5.26 Å². The molecule has 0 radical (unpaired) electrons. The topological polar surface area (TPSA) is 90.6 Å². The first-order chi connectivity index (χ1) is 10.6. The molecule has 0 bridgehead atoms. The van der Waals surface area contributed by atoms with E-state index in [9.17, 15) is 14.7 Å². The van der Waals surface area contributed by atoms with Crippen molar-refractivity contribution in [1.82, 2.24) is 4.90 Å². The number of nitrogens with zero attached hydrogens (tertiary/aromatic N) is 2. The van der Waals surface area contributed by atoms with Crippen molar-refractivity contribution in [2.45, 2.75) is 25.9 Å². The molecular formula is C16H18N2O4. The molecule has 1 aliphatic rings. The lowest BCUT2D eigenvalue weighted by molar-refractivity contribution is -0.151. The summed E-state index contributed by atoms with van der Waals surface area (Å²) in [7, 11) is 0. The molecule has 0 saturated carbocycles. The summed E-state index contributed by atoms with van der Waals surface area (Å²) < 4.78 is 5.23. The minimum atomic E-state index is -1.18. The smallest absolute Gasteiger partial charge is 0.410 e. The Morgan fingerprint density at radius 2 is 2.09 bits per heavy atom. The lowest BCUT2D eigenvalue weighted by Crippen LogP contribution is -2.49. The molecule has 1 heterocycles. The fraction of sp³-hybridized carbons (Fsp3) is 0.438. The molecule has 1 fully saturated rings. The van der Waals surface area contributed by atoms with Gasteiger partial charge in [0, 0.05) is 13.1 Å². The first-order valence-electron chi connectivity index (χ1n) is 7.13. The van der Waals surface area contributed by atoms with E-state index in [1.165, 1.54) is 4.90 Å². The van der Waals surface area contributed by atoms with Gasteiger partial charge in [-0.1, -0.05) is 30.3 Å². The van der Waals surface area contributed by atoms with E-state index in [1.807, 2.05) is 36.4 Å². The Labute approximate surface area is 128 Å². The number of hydrogen-bond donors (Lipinski definition) is 1. The Balaban J connectivity index is 1.98. The van der Waals surface area contributed by atoms with Gasteiger partial charge in [-0.25, -0.2) is 4.79 Å². The Hall–Kier alpha value is -2.55. The highest BCUT2D eigenvalue weighted by Gasteiger charge is 2.44. The number of carboxylic acid groups (broad SMARTS) is 1. The number of likely N-dealkylation sites (tertiary alicyclic amines) is 1. The molecule has 1 aromatic carbocycles. The number of carboxylic acids is 1. The van der Waals surface area contributed by atoms with Crippen LogP contribution >= 0.6 is 0 Å². The largest absolute Gasteiger partial charge is 0.481 e. The fourth-order valence-corrected chi connectivity index (χ4v) is 2.64. The lowest BCUT2D eigenvalue weighted by Gasteiger charge is -2.37. The molecule has 1 aliphatic heterocycles. The Morgan fingerprint density at radius 3 is 2.73 bits per heavy atom. The molecule has 1 amide bonds. The van der Waals surface area contributed by atoms with Crippen LogP contribution in [0.25, 0.3) is 0 Å². The summed E-state index contributed by atoms with van der Waals surface area (Å²) in [5.41, 5.74) is -0.312. The summed E-state index contributed by atoms with van der Waals surface area (Å²) >= 11 is 0. The van der Waals surface area contributed by atoms with Crippen LogP contribution in [0, 0.1) is 16.7 Å². The van der Waals surface area contributed by atoms with Crippen LogP contribution in [0.1, 0.15) is 24.8 Å². The number of carbonyl (C=O) groups excluding carboxylic acids is 1. The molecule has 0 aliphatic carbocycles. The van der Waals surface area contributed by atoms with Gasteiger partial charge in [0.25, 0.3) is 0 Å². The Morgan fingerprint density at radius 1 is 1.36 bits per heavy atom. The summed E-state index contributed by atoms with van der Waals surface area (Å²) in [6.07, 6.45) is 0.310. The maximum Gasteiger partial charge on any atom is 0.410 e. The van der Waals surface area contributed by atoms with E-state index >= 15 is 0 Å². The molecule has 22 heavy (non-hydrogen) atoms. The van der Waals surface area contributed by atoms with Gasteiger partial charge in [-0.15, -0.1) is 0 Å². The second-order valence-electron chi connectivity index (χ2n) is 5.49. The van der Waals surface area contributed by atoms with Gasteiger partial charge in [-0.2, -0.15) is 5.26 Å². The van der Waals surface area contributed by atoms with Crippen molar-refractivity contribution in [3.05, 3.63) is 35.9 Å². The van der Waals surface area contributed by atoms with E-state index < -0.39 is 17.5 Å². The van der Waals surface area contributed by atoms with Crippen LogP contribution in [-0.4, -0.2) is 35.2 Å². The van der Waals surface area contributed by atoms with Crippen LogP contribution in [0.3, 0.4) is 0 Å². The normalized spacial score (nSPS) is 21.0. The van der Waals surface area contributed by atoms with E-state index in [4.69, 9.17) is 10.00 Å². The fourth-order valence-electron chi connectivity index (χ4n) is 2.64. The minimum Gasteiger partial charge on any atom is -0.481 e. The third-order valence-corrected chi connectivity index (χ3v) is 3.91. The number of hydrogen-bond acceptors (Lipinski definition) is 4. The standard InChI is InChI=1S/C16H18N2O4/c17-9-8-16(14(19)20)7-4-10-18(12-16)15(21)22-11-13-5-2-1-3-6-13/h1-3,5-6H,4,7-8,10-12H2,(H,19,20). The predicted molar refractivity (Wildman–Crippen MR) is 77.7 cm³/mol. The number of amides is 1. The Bertz CT molecular complexity index is 582. The third-order valence-electron chi connectivity index (χ3n) is 3.91. The number of ether oxygens (including phenoxy) is 1. The highest BCUT2D eigenvalue weighted by Crippen LogP contribution is 2.33. The highest BCUT2D eigenvalue weighted by atomic mass is 16.6. The molecule has 0 spiro atoms. The number of carbonyl (C=O) groups is 2. The SMILES string of the molecule is N#CCC1(C(=O)O)CCCN(C(=O)OCc2ccccc2)C1. The van der Waals surface area contributed by atoms with E-state index in [1.54, 1.807) is 0 Å². The second kappa shape index (κ2) is 6.94. The number of aliphatic carboxylic acids is 1. The summed E-state index contributed by atoms with van der Waals surface area (Å²) in [5, 5.41) is 18.3. The number of benzene rings is 1. The molecule has 0 aromatic heterocycles. The molecule has 6 nitrogen and oxygen atoms in total. The van der Waals surface area contributed by atoms with Gasteiger partial charge < -0.3 is 14.7 Å². The minimum absolute atomic E-state index is 0.0174. The monoisotopic (exact) mass is 302 g/mol. The molecule has 1 saturated heterocycles. The van der Waals surface area contributed by atoms with Gasteiger partial charge in [-0.3, -0.25) is 4.79 Å². The molecule has 2 rings (SSSR count). The van der Waals surface area contributed by atoms with Crippen LogP contribution in [-0.2, 0) is 16.1 Å². The summed E-state index contributed by atoms with van der Waals surface area (Å²) in [5.74, 6) is -1.03. The van der Waals surface area contributed by atoms with Gasteiger partial charge in [0.1, 0.15) is 6.61 Å². The highest BCUT2D eigenvalue weighted by molar-refractivity contribution is 5.77. The van der Waals surface area contributed by atoms with Gasteiger partial charge in [0.05, 0.1) is 17.9 Å². The average Bonchev–Trinajstić information content (AvgIpc) is 2.54. The van der Waals surface area contributed by atoms with Gasteiger partial charge >= 0.3 is 12.1 Å². The van der Waals surface area contributed by atoms with E-state index in [0.717, 1.165) is 5.56 Å². The number of rotatable bonds is 4. The van der Waals surface area contributed by atoms with Crippen molar-refractivity contribution in [3.8, 4) is 6.07 Å². The predicted octanol–water partition coefficient (Wildman–Crippen LogP) is 2.40. The molecular weight excluding hydrogens is 284 g/mol. The third kappa shape index (κ3) is 3.55. The van der Waals surface area contributed by atoms with Crippen LogP contribution in [0.15, 0.2) is 30.3 Å². The molecule has 1 N–H and O–H groups in total. The van der Waals surface area contributed by atoms with Crippen molar-refractivity contribution < 1.29 is 19.4 Å². The van der Waals surface area contributed by atoms with Crippen molar-refractivity contribution >= 4 is 12.1 Å². The lowest BCUT2D eigenvalue weighted by atomic mass is 9.77. The van der Waals surface area contributed by atoms with E-state index in [2.05, 4.69) is 0 Å². The quantitative estimate of drug-likeness (QED) is 0.922. The summed E-state index contributed by atoms with van der Waals surface area (Å²) in [4.78, 5) is 25.0. The first-order valence-corrected chi connectivity index (χ1v) is 7.13. The molecule has 6 heteroatoms. The maximum absolute atomic E-state index is 12.1. The van der Waals surface area contributed by atoms with E-state index in [0.29, 0.717) is 19.4 Å². The zero-order valence-corrected chi connectivity index (χ0v) is 12.2. The molecule has 1 atom stereocenters. The van der Waals surface area contributed by atoms with Crippen molar-refractivity contribution in [3.63, 3.8) is 0 Å². The van der Waals surface area contributed by atoms with Crippen molar-refractivity contribution in [2.24, 2.45) is 5.41 Å².